The Morgan fingerprint density at radius 1 is 1.36 bits per heavy atom. The number of anilines is 1. The Labute approximate surface area is 211 Å². The van der Waals surface area contributed by atoms with Gasteiger partial charge in [0.2, 0.25) is 0 Å². The quantitative estimate of drug-likeness (QED) is 0.226. The van der Waals surface area contributed by atoms with Gasteiger partial charge in [-0.25, -0.2) is 13.8 Å². The van der Waals surface area contributed by atoms with E-state index in [2.05, 4.69) is 10.1 Å². The van der Waals surface area contributed by atoms with Gasteiger partial charge in [-0.2, -0.15) is 10.1 Å². The number of halogens is 2. The number of carbonyl (C=O) groups excluding carboxylic acids is 1. The maximum atomic E-state index is 15.2. The van der Waals surface area contributed by atoms with Gasteiger partial charge in [-0.05, 0) is 39.0 Å². The van der Waals surface area contributed by atoms with Crippen LogP contribution >= 0.6 is 19.3 Å². The van der Waals surface area contributed by atoms with E-state index in [0.717, 1.165) is 10.8 Å². The second-order valence-corrected chi connectivity index (χ2v) is 10.5. The van der Waals surface area contributed by atoms with Crippen LogP contribution in [0.1, 0.15) is 27.0 Å². The molecule has 0 spiro atoms. The van der Waals surface area contributed by atoms with Crippen molar-refractivity contribution in [3.8, 4) is 5.75 Å². The molecule has 2 unspecified atom stereocenters. The molecule has 0 bridgehead atoms. The van der Waals surface area contributed by atoms with Crippen LogP contribution in [0.4, 0.5) is 10.2 Å². The summed E-state index contributed by atoms with van der Waals surface area (Å²) in [7, 11) is -4.33. The van der Waals surface area contributed by atoms with Crippen LogP contribution in [0.25, 0.3) is 0 Å². The van der Waals surface area contributed by atoms with E-state index in [1.54, 1.807) is 32.0 Å². The standard InChI is InChI=1S/C21H27ClFN4O8P/c1-12(2)33-18(29)13(3)26-36(31,35-14-7-5-4-6-8-14)32-11-15-17(28)21(22,23)19(34-15)27-10-9-16(24)25-20(27)30/h4-10,12-13,15,17,19,28H,11H2,1-3H3,(H,26,31)(H2,24,25,30)/t13-,15+,17-,19+,21?,36?/m0/s1. The van der Waals surface area contributed by atoms with Crippen LogP contribution in [0.5, 0.6) is 5.75 Å². The van der Waals surface area contributed by atoms with Crippen molar-refractivity contribution in [2.45, 2.75) is 56.5 Å². The van der Waals surface area contributed by atoms with Crippen molar-refractivity contribution in [1.29, 1.82) is 0 Å². The van der Waals surface area contributed by atoms with Crippen LogP contribution in [0, 0.1) is 0 Å². The van der Waals surface area contributed by atoms with E-state index in [-0.39, 0.29) is 11.6 Å². The van der Waals surface area contributed by atoms with E-state index in [1.165, 1.54) is 25.1 Å². The highest BCUT2D eigenvalue weighted by molar-refractivity contribution is 7.52. The van der Waals surface area contributed by atoms with E-state index in [0.29, 0.717) is 0 Å². The van der Waals surface area contributed by atoms with Crippen LogP contribution in [0.3, 0.4) is 0 Å². The molecule has 1 saturated heterocycles. The molecular formula is C21H27ClFN4O8P. The molecule has 198 valence electrons. The number of nitrogens with zero attached hydrogens (tertiary/aromatic N) is 2. The van der Waals surface area contributed by atoms with E-state index in [1.807, 2.05) is 0 Å². The summed E-state index contributed by atoms with van der Waals surface area (Å²) >= 11 is 5.89. The normalized spacial score (nSPS) is 26.4. The second kappa shape index (κ2) is 11.2. The molecule has 2 heterocycles. The Balaban J connectivity index is 1.79. The van der Waals surface area contributed by atoms with Crippen molar-refractivity contribution in [1.82, 2.24) is 14.6 Å². The minimum absolute atomic E-state index is 0.108. The Kier molecular flexibility index (Phi) is 8.75. The van der Waals surface area contributed by atoms with Gasteiger partial charge in [0.25, 0.3) is 5.13 Å². The molecule has 1 aromatic heterocycles. The molecule has 2 aromatic rings. The van der Waals surface area contributed by atoms with Gasteiger partial charge in [0.1, 0.15) is 29.8 Å². The first-order valence-corrected chi connectivity index (χ1v) is 12.8. The summed E-state index contributed by atoms with van der Waals surface area (Å²) in [6.45, 7) is 3.98. The third kappa shape index (κ3) is 6.61. The number of nitrogens with one attached hydrogen (secondary N) is 1. The highest BCUT2D eigenvalue weighted by atomic mass is 35.5. The van der Waals surface area contributed by atoms with E-state index >= 15 is 4.39 Å². The van der Waals surface area contributed by atoms with E-state index < -0.39 is 61.7 Å². The molecule has 3 rings (SSSR count). The molecule has 0 saturated carbocycles. The average Bonchev–Trinajstić information content (AvgIpc) is 3.01. The topological polar surface area (TPSA) is 164 Å². The van der Waals surface area contributed by atoms with E-state index in [4.69, 9.17) is 35.9 Å². The third-order valence-corrected chi connectivity index (χ3v) is 6.97. The summed E-state index contributed by atoms with van der Waals surface area (Å²) in [6.07, 6.45) is -4.62. The summed E-state index contributed by atoms with van der Waals surface area (Å²) in [6, 6.07) is 8.03. The highest BCUT2D eigenvalue weighted by Gasteiger charge is 2.58. The van der Waals surface area contributed by atoms with Gasteiger partial charge in [0.05, 0.1) is 12.7 Å². The number of aliphatic hydroxyl groups excluding tert-OH is 1. The number of nitrogens with two attached hydrogens (primary N) is 1. The fourth-order valence-electron chi connectivity index (χ4n) is 3.22. The lowest BCUT2D eigenvalue weighted by atomic mass is 10.1. The first-order valence-electron chi connectivity index (χ1n) is 10.9. The SMILES string of the molecule is CC(C)OC(=O)[C@H](C)NP(=O)(OC[C@H]1O[C@@H](n2ccc(N)nc2=O)C(F)(Cl)[C@H]1O)Oc1ccccc1. The van der Waals surface area contributed by atoms with Gasteiger partial charge < -0.3 is 24.8 Å². The zero-order chi connectivity index (χ0) is 26.7. The number of nitrogen functional groups attached to an aromatic ring is 1. The third-order valence-electron chi connectivity index (χ3n) is 4.92. The lowest BCUT2D eigenvalue weighted by Crippen LogP contribution is -2.41. The van der Waals surface area contributed by atoms with Crippen molar-refractivity contribution in [3.63, 3.8) is 0 Å². The molecule has 12 nitrogen and oxygen atoms in total. The molecule has 15 heteroatoms. The van der Waals surface area contributed by atoms with Gasteiger partial charge in [-0.1, -0.05) is 29.8 Å². The Hall–Kier alpha value is -2.54. The number of para-hydroxylation sites is 1. The van der Waals surface area contributed by atoms with Crippen molar-refractivity contribution >= 4 is 31.1 Å². The molecule has 1 aromatic carbocycles. The summed E-state index contributed by atoms with van der Waals surface area (Å²) in [5, 5.41) is 9.94. The van der Waals surface area contributed by atoms with Gasteiger partial charge in [-0.3, -0.25) is 13.9 Å². The predicted octanol–water partition coefficient (Wildman–Crippen LogP) is 2.12. The number of hydrogen-bond acceptors (Lipinski definition) is 10. The Morgan fingerprint density at radius 3 is 2.64 bits per heavy atom. The molecular weight excluding hydrogens is 522 g/mol. The first-order chi connectivity index (χ1) is 16.8. The van der Waals surface area contributed by atoms with Crippen molar-refractivity contribution in [2.75, 3.05) is 12.3 Å². The number of benzene rings is 1. The van der Waals surface area contributed by atoms with Crippen LogP contribution in [0.15, 0.2) is 47.4 Å². The fraction of sp³-hybridized carbons (Fsp3) is 0.476. The number of carbonyl (C=O) groups is 1. The van der Waals surface area contributed by atoms with Crippen molar-refractivity contribution in [2.24, 2.45) is 0 Å². The smallest absolute Gasteiger partial charge is 0.459 e. The molecule has 6 atom stereocenters. The molecule has 4 N–H and O–H groups in total. The molecule has 0 aliphatic carbocycles. The molecule has 1 aliphatic heterocycles. The number of aliphatic hydroxyl groups is 1. The fourth-order valence-corrected chi connectivity index (χ4v) is 5.02. The Bertz CT molecular complexity index is 1170. The van der Waals surface area contributed by atoms with Crippen LogP contribution in [-0.2, 0) is 23.4 Å². The molecule has 1 fully saturated rings. The van der Waals surface area contributed by atoms with Gasteiger partial charge in [0.15, 0.2) is 6.23 Å². The number of alkyl halides is 2. The molecule has 36 heavy (non-hydrogen) atoms. The van der Waals surface area contributed by atoms with Gasteiger partial charge in [-0.15, -0.1) is 0 Å². The number of hydrogen-bond donors (Lipinski definition) is 3. The maximum absolute atomic E-state index is 15.2. The zero-order valence-electron chi connectivity index (χ0n) is 19.6. The first kappa shape index (κ1) is 28.0. The molecule has 1 aliphatic rings. The second-order valence-electron chi connectivity index (χ2n) is 8.22. The number of esters is 1. The maximum Gasteiger partial charge on any atom is 0.459 e. The summed E-state index contributed by atoms with van der Waals surface area (Å²) in [4.78, 5) is 27.9. The lowest BCUT2D eigenvalue weighted by molar-refractivity contribution is -0.149. The minimum Gasteiger partial charge on any atom is -0.462 e. The summed E-state index contributed by atoms with van der Waals surface area (Å²) in [5.41, 5.74) is 4.48. The average molecular weight is 549 g/mol. The summed E-state index contributed by atoms with van der Waals surface area (Å²) < 4.78 is 51.0. The zero-order valence-corrected chi connectivity index (χ0v) is 21.3. The Morgan fingerprint density at radius 2 is 2.03 bits per heavy atom. The largest absolute Gasteiger partial charge is 0.462 e. The van der Waals surface area contributed by atoms with E-state index in [9.17, 15) is 19.3 Å². The predicted molar refractivity (Wildman–Crippen MR) is 127 cm³/mol. The monoisotopic (exact) mass is 548 g/mol. The lowest BCUT2D eigenvalue weighted by Gasteiger charge is -2.25. The molecule has 0 amide bonds. The van der Waals surface area contributed by atoms with Crippen LogP contribution in [-0.4, -0.2) is 56.7 Å². The molecule has 0 radical (unpaired) electrons. The van der Waals surface area contributed by atoms with Crippen LogP contribution < -0.4 is 21.0 Å². The van der Waals surface area contributed by atoms with Gasteiger partial charge in [0, 0.05) is 6.20 Å². The van der Waals surface area contributed by atoms with Gasteiger partial charge >= 0.3 is 19.4 Å². The van der Waals surface area contributed by atoms with Crippen molar-refractivity contribution in [3.05, 3.63) is 53.1 Å². The van der Waals surface area contributed by atoms with Crippen molar-refractivity contribution < 1.29 is 37.4 Å². The minimum atomic E-state index is -4.33. The highest BCUT2D eigenvalue weighted by Crippen LogP contribution is 2.48. The summed E-state index contributed by atoms with van der Waals surface area (Å²) in [5.74, 6) is -0.689. The number of ether oxygens (including phenoxy) is 2. The number of rotatable bonds is 10. The van der Waals surface area contributed by atoms with Crippen LogP contribution in [0.2, 0.25) is 0 Å². The number of aromatic nitrogens is 2.